The van der Waals surface area contributed by atoms with Crippen molar-refractivity contribution >= 4 is 39.0 Å². The highest BCUT2D eigenvalue weighted by molar-refractivity contribution is 7.86. The maximum atomic E-state index is 13.2. The van der Waals surface area contributed by atoms with Gasteiger partial charge in [-0.15, -0.1) is 11.3 Å². The minimum absolute atomic E-state index is 0.289. The number of hydrogen-bond donors (Lipinski definition) is 1. The van der Waals surface area contributed by atoms with Gasteiger partial charge in [0.05, 0.1) is 16.3 Å². The lowest BCUT2D eigenvalue weighted by molar-refractivity contribution is 0.102. The first-order chi connectivity index (χ1) is 15.2. The Morgan fingerprint density at radius 1 is 1.03 bits per heavy atom. The van der Waals surface area contributed by atoms with Gasteiger partial charge in [-0.2, -0.15) is 0 Å². The normalized spacial score (nSPS) is 13.6. The highest BCUT2D eigenvalue weighted by atomic mass is 32.2. The SMILES string of the molecule is O=C(Nc1nc(-c2ccccn2)cs1)c1cccc(S(=O)N2CCc3ccccc32)c1. The maximum Gasteiger partial charge on any atom is 0.257 e. The lowest BCUT2D eigenvalue weighted by atomic mass is 10.2. The van der Waals surface area contributed by atoms with Gasteiger partial charge in [0.2, 0.25) is 0 Å². The predicted octanol–water partition coefficient (Wildman–Crippen LogP) is 4.54. The second-order valence-corrected chi connectivity index (χ2v) is 9.23. The first kappa shape index (κ1) is 19.6. The number of fused-ring (bicyclic) bond motifs is 1. The number of pyridine rings is 1. The highest BCUT2D eigenvalue weighted by Crippen LogP contribution is 2.31. The van der Waals surface area contributed by atoms with Crippen LogP contribution in [-0.4, -0.2) is 26.6 Å². The molecule has 0 aliphatic carbocycles. The van der Waals surface area contributed by atoms with Crippen LogP contribution in [0.5, 0.6) is 0 Å². The molecule has 0 fully saturated rings. The van der Waals surface area contributed by atoms with Crippen LogP contribution >= 0.6 is 11.3 Å². The van der Waals surface area contributed by atoms with E-state index in [0.29, 0.717) is 27.8 Å². The topological polar surface area (TPSA) is 75.2 Å². The second-order valence-electron chi connectivity index (χ2n) is 6.96. The van der Waals surface area contributed by atoms with E-state index in [1.165, 1.54) is 16.9 Å². The number of amides is 1. The summed E-state index contributed by atoms with van der Waals surface area (Å²) in [6.07, 6.45) is 2.57. The van der Waals surface area contributed by atoms with Crippen LogP contribution < -0.4 is 9.62 Å². The summed E-state index contributed by atoms with van der Waals surface area (Å²) in [5.74, 6) is -0.289. The molecule has 4 aromatic rings. The molecule has 8 heteroatoms. The van der Waals surface area contributed by atoms with E-state index in [2.05, 4.69) is 21.4 Å². The van der Waals surface area contributed by atoms with Crippen molar-refractivity contribution in [3.63, 3.8) is 0 Å². The number of anilines is 2. The molecule has 31 heavy (non-hydrogen) atoms. The number of thiazole rings is 1. The summed E-state index contributed by atoms with van der Waals surface area (Å²) in [6.45, 7) is 0.692. The van der Waals surface area contributed by atoms with E-state index in [-0.39, 0.29) is 5.91 Å². The monoisotopic (exact) mass is 446 g/mol. The van der Waals surface area contributed by atoms with E-state index < -0.39 is 11.0 Å². The molecule has 154 valence electrons. The lowest BCUT2D eigenvalue weighted by Gasteiger charge is -2.18. The molecule has 0 radical (unpaired) electrons. The molecule has 1 aliphatic rings. The quantitative estimate of drug-likeness (QED) is 0.488. The summed E-state index contributed by atoms with van der Waals surface area (Å²) in [7, 11) is -1.38. The molecule has 6 nitrogen and oxygen atoms in total. The first-order valence-corrected chi connectivity index (χ1v) is 11.7. The molecular formula is C23H18N4O2S2. The van der Waals surface area contributed by atoms with E-state index in [1.54, 1.807) is 30.5 Å². The Morgan fingerprint density at radius 3 is 2.77 bits per heavy atom. The number of benzene rings is 2. The van der Waals surface area contributed by atoms with Gasteiger partial charge in [-0.05, 0) is 48.4 Å². The van der Waals surface area contributed by atoms with Crippen LogP contribution in [0.4, 0.5) is 10.8 Å². The van der Waals surface area contributed by atoms with E-state index in [0.717, 1.165) is 17.8 Å². The van der Waals surface area contributed by atoms with Gasteiger partial charge in [-0.3, -0.25) is 19.4 Å². The van der Waals surface area contributed by atoms with Crippen LogP contribution in [0.1, 0.15) is 15.9 Å². The number of carbonyl (C=O) groups excluding carboxylic acids is 1. The Kier molecular flexibility index (Phi) is 5.31. The van der Waals surface area contributed by atoms with Crippen molar-refractivity contribution in [3.05, 3.63) is 89.4 Å². The molecule has 1 aliphatic heterocycles. The van der Waals surface area contributed by atoms with Gasteiger partial charge in [0.15, 0.2) is 16.1 Å². The maximum absolute atomic E-state index is 13.2. The van der Waals surface area contributed by atoms with Gasteiger partial charge in [-0.1, -0.05) is 30.3 Å². The molecule has 2 aromatic heterocycles. The molecule has 0 saturated carbocycles. The van der Waals surface area contributed by atoms with Crippen LogP contribution in [-0.2, 0) is 17.4 Å². The minimum Gasteiger partial charge on any atom is -0.298 e. The number of carbonyl (C=O) groups is 1. The number of hydrogen-bond acceptors (Lipinski definition) is 5. The fourth-order valence-electron chi connectivity index (χ4n) is 3.49. The van der Waals surface area contributed by atoms with Gasteiger partial charge >= 0.3 is 0 Å². The molecule has 3 heterocycles. The van der Waals surface area contributed by atoms with Gasteiger partial charge in [0.1, 0.15) is 5.69 Å². The fourth-order valence-corrected chi connectivity index (χ4v) is 5.48. The van der Waals surface area contributed by atoms with Gasteiger partial charge in [0, 0.05) is 23.7 Å². The van der Waals surface area contributed by atoms with Crippen molar-refractivity contribution in [1.82, 2.24) is 9.97 Å². The zero-order valence-corrected chi connectivity index (χ0v) is 18.0. The Balaban J connectivity index is 1.33. The fraction of sp³-hybridized carbons (Fsp3) is 0.0870. The number of para-hydroxylation sites is 1. The number of nitrogens with zero attached hydrogens (tertiary/aromatic N) is 3. The molecule has 1 atom stereocenters. The Hall–Kier alpha value is -3.36. The third-order valence-corrected chi connectivity index (χ3v) is 7.19. The predicted molar refractivity (Wildman–Crippen MR) is 124 cm³/mol. The molecule has 2 aromatic carbocycles. The third-order valence-electron chi connectivity index (χ3n) is 4.99. The van der Waals surface area contributed by atoms with Crippen LogP contribution in [0.25, 0.3) is 11.4 Å². The zero-order valence-electron chi connectivity index (χ0n) is 16.4. The summed E-state index contributed by atoms with van der Waals surface area (Å²) in [4.78, 5) is 22.1. The van der Waals surface area contributed by atoms with E-state index in [1.807, 2.05) is 46.1 Å². The highest BCUT2D eigenvalue weighted by Gasteiger charge is 2.24. The van der Waals surface area contributed by atoms with E-state index in [4.69, 9.17) is 0 Å². The molecule has 0 bridgehead atoms. The second kappa shape index (κ2) is 8.41. The average molecular weight is 447 g/mol. The smallest absolute Gasteiger partial charge is 0.257 e. The Morgan fingerprint density at radius 2 is 1.90 bits per heavy atom. The van der Waals surface area contributed by atoms with Crippen molar-refractivity contribution < 1.29 is 9.00 Å². The van der Waals surface area contributed by atoms with Gasteiger partial charge in [-0.25, -0.2) is 9.19 Å². The van der Waals surface area contributed by atoms with Gasteiger partial charge in [0.25, 0.3) is 5.91 Å². The van der Waals surface area contributed by atoms with Crippen LogP contribution in [0, 0.1) is 0 Å². The first-order valence-electron chi connectivity index (χ1n) is 9.75. The number of rotatable bonds is 5. The summed E-state index contributed by atoms with van der Waals surface area (Å²) in [6, 6.07) is 20.5. The third kappa shape index (κ3) is 3.99. The summed E-state index contributed by atoms with van der Waals surface area (Å²) < 4.78 is 15.1. The van der Waals surface area contributed by atoms with Crippen molar-refractivity contribution in [2.24, 2.45) is 0 Å². The molecular weight excluding hydrogens is 428 g/mol. The summed E-state index contributed by atoms with van der Waals surface area (Å²) in [5, 5.41) is 5.17. The zero-order chi connectivity index (χ0) is 21.2. The summed E-state index contributed by atoms with van der Waals surface area (Å²) >= 11 is 1.34. The molecule has 0 saturated heterocycles. The van der Waals surface area contributed by atoms with Crippen molar-refractivity contribution in [2.75, 3.05) is 16.2 Å². The van der Waals surface area contributed by atoms with Crippen molar-refractivity contribution in [2.45, 2.75) is 11.3 Å². The van der Waals surface area contributed by atoms with Crippen molar-refractivity contribution in [1.29, 1.82) is 0 Å². The Bertz CT molecular complexity index is 1270. The summed E-state index contributed by atoms with van der Waals surface area (Å²) in [5.41, 5.74) is 4.08. The van der Waals surface area contributed by atoms with Crippen molar-refractivity contribution in [3.8, 4) is 11.4 Å². The minimum atomic E-state index is -1.38. The standard InChI is InChI=1S/C23H18N4O2S2/c28-22(26-23-25-20(15-30-23)19-9-3-4-12-24-19)17-7-5-8-18(14-17)31(29)27-13-11-16-6-1-2-10-21(16)27/h1-10,12,14-15H,11,13H2,(H,25,26,28). The molecule has 1 N–H and O–H groups in total. The van der Waals surface area contributed by atoms with Crippen LogP contribution in [0.2, 0.25) is 0 Å². The number of nitrogens with one attached hydrogen (secondary N) is 1. The lowest BCUT2D eigenvalue weighted by Crippen LogP contribution is -2.23. The Labute approximate surface area is 186 Å². The van der Waals surface area contributed by atoms with Crippen LogP contribution in [0.3, 0.4) is 0 Å². The molecule has 0 spiro atoms. The van der Waals surface area contributed by atoms with Crippen LogP contribution in [0.15, 0.2) is 83.2 Å². The van der Waals surface area contributed by atoms with E-state index >= 15 is 0 Å². The largest absolute Gasteiger partial charge is 0.298 e. The average Bonchev–Trinajstić information content (AvgIpc) is 3.46. The number of aromatic nitrogens is 2. The molecule has 1 amide bonds. The molecule has 1 unspecified atom stereocenters. The van der Waals surface area contributed by atoms with Gasteiger partial charge < -0.3 is 0 Å². The molecule has 5 rings (SSSR count). The van der Waals surface area contributed by atoms with E-state index in [9.17, 15) is 9.00 Å².